The Morgan fingerprint density at radius 3 is 2.93 bits per heavy atom. The maximum Gasteiger partial charge on any atom is 0.263 e. The molecule has 0 radical (unpaired) electrons. The number of hydrogen-bond donors (Lipinski definition) is 0. The van der Waals surface area contributed by atoms with Crippen LogP contribution in [0.1, 0.15) is 11.1 Å². The average molecular weight is 398 g/mol. The van der Waals surface area contributed by atoms with Crippen molar-refractivity contribution in [2.75, 3.05) is 12.3 Å². The number of carbonyl (C=O) groups is 1. The number of hydrogen-bond acceptors (Lipinski definition) is 5. The van der Waals surface area contributed by atoms with Gasteiger partial charge in [0.05, 0.1) is 11.1 Å². The van der Waals surface area contributed by atoms with Crippen molar-refractivity contribution in [2.45, 2.75) is 24.7 Å². The van der Waals surface area contributed by atoms with Gasteiger partial charge in [0.2, 0.25) is 5.91 Å². The van der Waals surface area contributed by atoms with Gasteiger partial charge in [-0.05, 0) is 29.0 Å². The Morgan fingerprint density at radius 1 is 1.30 bits per heavy atom. The molecule has 1 amide bonds. The first-order valence-electron chi connectivity index (χ1n) is 8.73. The molecule has 1 aromatic carbocycles. The Kier molecular flexibility index (Phi) is 5.13. The lowest BCUT2D eigenvalue weighted by Gasteiger charge is -2.28. The van der Waals surface area contributed by atoms with Gasteiger partial charge in [0, 0.05) is 19.6 Å². The van der Waals surface area contributed by atoms with E-state index in [1.54, 1.807) is 16.7 Å². The Bertz CT molecular complexity index is 1070. The normalized spacial score (nSPS) is 13.6. The Morgan fingerprint density at radius 2 is 2.11 bits per heavy atom. The van der Waals surface area contributed by atoms with Crippen LogP contribution in [-0.4, -0.2) is 32.7 Å². The second kappa shape index (κ2) is 7.70. The highest BCUT2D eigenvalue weighted by molar-refractivity contribution is 7.99. The van der Waals surface area contributed by atoms with Gasteiger partial charge in [-0.15, -0.1) is 17.9 Å². The Balaban J connectivity index is 1.52. The van der Waals surface area contributed by atoms with Crippen molar-refractivity contribution in [2.24, 2.45) is 0 Å². The number of fused-ring (bicyclic) bond motifs is 2. The summed E-state index contributed by atoms with van der Waals surface area (Å²) in [6.07, 6.45) is 2.56. The summed E-state index contributed by atoms with van der Waals surface area (Å²) >= 11 is 2.76. The summed E-state index contributed by atoms with van der Waals surface area (Å²) in [5.41, 5.74) is 2.45. The van der Waals surface area contributed by atoms with E-state index in [1.165, 1.54) is 34.2 Å². The molecule has 5 nitrogen and oxygen atoms in total. The van der Waals surface area contributed by atoms with Crippen molar-refractivity contribution in [1.82, 2.24) is 14.5 Å². The molecule has 27 heavy (non-hydrogen) atoms. The number of rotatable bonds is 5. The van der Waals surface area contributed by atoms with E-state index in [0.29, 0.717) is 28.5 Å². The van der Waals surface area contributed by atoms with Crippen LogP contribution in [0.5, 0.6) is 0 Å². The molecular weight excluding hydrogens is 378 g/mol. The zero-order valence-corrected chi connectivity index (χ0v) is 16.4. The Hall–Kier alpha value is -2.38. The number of benzene rings is 1. The van der Waals surface area contributed by atoms with Crippen LogP contribution >= 0.6 is 23.1 Å². The zero-order chi connectivity index (χ0) is 18.8. The highest BCUT2D eigenvalue weighted by atomic mass is 32.2. The highest BCUT2D eigenvalue weighted by Gasteiger charge is 2.21. The third-order valence-corrected chi connectivity index (χ3v) is 6.44. The summed E-state index contributed by atoms with van der Waals surface area (Å²) in [5, 5.41) is 3.05. The summed E-state index contributed by atoms with van der Waals surface area (Å²) in [6, 6.07) is 10.0. The summed E-state index contributed by atoms with van der Waals surface area (Å²) in [4.78, 5) is 32.6. The van der Waals surface area contributed by atoms with Crippen LogP contribution in [0.4, 0.5) is 0 Å². The third-order valence-electron chi connectivity index (χ3n) is 4.67. The van der Waals surface area contributed by atoms with Gasteiger partial charge < -0.3 is 4.90 Å². The topological polar surface area (TPSA) is 55.2 Å². The lowest BCUT2D eigenvalue weighted by atomic mass is 10.00. The SMILES string of the molecule is C=CCn1c(SCC(=O)N2CCc3ccccc3C2)nc2sccc2c1=O. The quantitative estimate of drug-likeness (QED) is 0.377. The van der Waals surface area contributed by atoms with Crippen LogP contribution in [0, 0.1) is 0 Å². The van der Waals surface area contributed by atoms with E-state index in [-0.39, 0.29) is 17.2 Å². The van der Waals surface area contributed by atoms with E-state index in [0.717, 1.165) is 13.0 Å². The van der Waals surface area contributed by atoms with Crippen molar-refractivity contribution < 1.29 is 4.79 Å². The van der Waals surface area contributed by atoms with E-state index in [4.69, 9.17) is 0 Å². The first kappa shape index (κ1) is 18.0. The highest BCUT2D eigenvalue weighted by Crippen LogP contribution is 2.23. The maximum absolute atomic E-state index is 12.7. The fraction of sp³-hybridized carbons (Fsp3) is 0.250. The van der Waals surface area contributed by atoms with E-state index >= 15 is 0 Å². The molecular formula is C20H19N3O2S2. The first-order chi connectivity index (χ1) is 13.2. The van der Waals surface area contributed by atoms with E-state index in [1.807, 2.05) is 22.4 Å². The second-order valence-corrected chi connectivity index (χ2v) is 8.20. The minimum Gasteiger partial charge on any atom is -0.337 e. The van der Waals surface area contributed by atoms with Crippen molar-refractivity contribution in [3.05, 3.63) is 69.8 Å². The lowest BCUT2D eigenvalue weighted by Crippen LogP contribution is -2.37. The number of aromatic nitrogens is 2. The molecule has 138 valence electrons. The fourth-order valence-corrected chi connectivity index (χ4v) is 4.97. The van der Waals surface area contributed by atoms with Crippen LogP contribution in [-0.2, 0) is 24.3 Å². The standard InChI is InChI=1S/C20H19N3O2S2/c1-2-9-23-19(25)16-8-11-26-18(16)21-20(23)27-13-17(24)22-10-7-14-5-3-4-6-15(14)12-22/h2-6,8,11H,1,7,9-10,12-13H2. The molecule has 7 heteroatoms. The molecule has 0 spiro atoms. The zero-order valence-electron chi connectivity index (χ0n) is 14.8. The molecule has 3 aromatic rings. The predicted molar refractivity (Wildman–Crippen MR) is 110 cm³/mol. The number of amides is 1. The molecule has 0 unspecified atom stereocenters. The minimum absolute atomic E-state index is 0.0696. The smallest absolute Gasteiger partial charge is 0.263 e. The number of nitrogens with zero attached hydrogens (tertiary/aromatic N) is 3. The van der Waals surface area contributed by atoms with Crippen LogP contribution in [0.3, 0.4) is 0 Å². The van der Waals surface area contributed by atoms with Crippen LogP contribution in [0.2, 0.25) is 0 Å². The summed E-state index contributed by atoms with van der Waals surface area (Å²) in [7, 11) is 0. The van der Waals surface area contributed by atoms with Crippen molar-refractivity contribution >= 4 is 39.2 Å². The number of allylic oxidation sites excluding steroid dienone is 1. The van der Waals surface area contributed by atoms with E-state index < -0.39 is 0 Å². The largest absolute Gasteiger partial charge is 0.337 e. The van der Waals surface area contributed by atoms with Gasteiger partial charge in [-0.25, -0.2) is 4.98 Å². The number of thioether (sulfide) groups is 1. The number of carbonyl (C=O) groups excluding carboxylic acids is 1. The van der Waals surface area contributed by atoms with Gasteiger partial charge in [0.15, 0.2) is 5.16 Å². The molecule has 2 aromatic heterocycles. The molecule has 0 saturated heterocycles. The monoisotopic (exact) mass is 397 g/mol. The minimum atomic E-state index is -0.0806. The maximum atomic E-state index is 12.7. The van der Waals surface area contributed by atoms with Crippen LogP contribution in [0.25, 0.3) is 10.2 Å². The van der Waals surface area contributed by atoms with Gasteiger partial charge in [-0.1, -0.05) is 42.1 Å². The van der Waals surface area contributed by atoms with Crippen molar-refractivity contribution in [3.8, 4) is 0 Å². The van der Waals surface area contributed by atoms with Gasteiger partial charge in [-0.2, -0.15) is 0 Å². The molecule has 0 atom stereocenters. The molecule has 0 N–H and O–H groups in total. The van der Waals surface area contributed by atoms with Gasteiger partial charge in [0.25, 0.3) is 5.56 Å². The van der Waals surface area contributed by atoms with Crippen molar-refractivity contribution in [3.63, 3.8) is 0 Å². The molecule has 0 saturated carbocycles. The molecule has 1 aliphatic rings. The average Bonchev–Trinajstić information content (AvgIpc) is 3.17. The summed E-state index contributed by atoms with van der Waals surface area (Å²) < 4.78 is 1.59. The van der Waals surface area contributed by atoms with Crippen LogP contribution < -0.4 is 5.56 Å². The first-order valence-corrected chi connectivity index (χ1v) is 10.6. The van der Waals surface area contributed by atoms with E-state index in [2.05, 4.69) is 23.7 Å². The molecule has 0 aliphatic carbocycles. The molecule has 0 fully saturated rings. The molecule has 4 rings (SSSR count). The van der Waals surface area contributed by atoms with Gasteiger partial charge >= 0.3 is 0 Å². The second-order valence-electron chi connectivity index (χ2n) is 6.36. The van der Waals surface area contributed by atoms with E-state index in [9.17, 15) is 9.59 Å². The molecule has 0 bridgehead atoms. The third kappa shape index (κ3) is 3.57. The molecule has 3 heterocycles. The lowest BCUT2D eigenvalue weighted by molar-refractivity contribution is -0.129. The Labute approximate surface area is 165 Å². The predicted octanol–water partition coefficient (Wildman–Crippen LogP) is 3.32. The van der Waals surface area contributed by atoms with Crippen LogP contribution in [0.15, 0.2) is 58.3 Å². The van der Waals surface area contributed by atoms with Gasteiger partial charge in [-0.3, -0.25) is 14.2 Å². The van der Waals surface area contributed by atoms with Crippen molar-refractivity contribution in [1.29, 1.82) is 0 Å². The van der Waals surface area contributed by atoms with Gasteiger partial charge in [0.1, 0.15) is 4.83 Å². The summed E-state index contributed by atoms with van der Waals surface area (Å²) in [6.45, 7) is 5.48. The fourth-order valence-electron chi connectivity index (χ4n) is 3.26. The number of thiophene rings is 1. The summed E-state index contributed by atoms with van der Waals surface area (Å²) in [5.74, 6) is 0.336. The molecule has 1 aliphatic heterocycles.